The molecule has 0 aromatic heterocycles. The molecule has 5 aliphatic rings. The van der Waals surface area contributed by atoms with E-state index in [-0.39, 0.29) is 69.8 Å². The number of esters is 1. The molecule has 0 aromatic carbocycles. The lowest BCUT2D eigenvalue weighted by molar-refractivity contribution is -0.212. The minimum absolute atomic E-state index is 0.0187. The van der Waals surface area contributed by atoms with Crippen LogP contribution in [0, 0.1) is 50.2 Å². The molecule has 8 atom stereocenters. The molecule has 0 spiro atoms. The van der Waals surface area contributed by atoms with Crippen LogP contribution in [0.5, 0.6) is 0 Å². The number of rotatable bonds is 8. The van der Waals surface area contributed by atoms with Gasteiger partial charge >= 0.3 is 11.9 Å². The smallest absolute Gasteiger partial charge is 0.322 e. The first-order valence-electron chi connectivity index (χ1n) is 18.0. The molecule has 0 heterocycles. The molecule has 8 heteroatoms. The fraction of sp³-hybridized carbons (Fsp3) is 0.842. The molecule has 258 valence electrons. The zero-order valence-electron chi connectivity index (χ0n) is 29.8. The van der Waals surface area contributed by atoms with Crippen molar-refractivity contribution in [1.82, 2.24) is 10.6 Å². The minimum atomic E-state index is -1.06. The molecule has 2 amide bonds. The maximum Gasteiger partial charge on any atom is 0.322 e. The van der Waals surface area contributed by atoms with Gasteiger partial charge in [-0.1, -0.05) is 60.1 Å². The summed E-state index contributed by atoms with van der Waals surface area (Å²) >= 11 is 0. The van der Waals surface area contributed by atoms with E-state index in [1.54, 1.807) is 0 Å². The molecule has 5 aliphatic carbocycles. The van der Waals surface area contributed by atoms with E-state index >= 15 is 0 Å². The molecule has 46 heavy (non-hydrogen) atoms. The second-order valence-corrected chi connectivity index (χ2v) is 17.9. The fourth-order valence-corrected chi connectivity index (χ4v) is 11.9. The van der Waals surface area contributed by atoms with Gasteiger partial charge in [-0.15, -0.1) is 0 Å². The van der Waals surface area contributed by atoms with Crippen molar-refractivity contribution in [3.8, 4) is 0 Å². The van der Waals surface area contributed by atoms with E-state index in [1.165, 1.54) is 12.5 Å². The Morgan fingerprint density at radius 1 is 0.891 bits per heavy atom. The average molecular weight is 641 g/mol. The Balaban J connectivity index is 1.39. The van der Waals surface area contributed by atoms with E-state index in [1.807, 2.05) is 0 Å². The molecule has 0 radical (unpaired) electrons. The van der Waals surface area contributed by atoms with Crippen LogP contribution >= 0.6 is 0 Å². The Kier molecular flexibility index (Phi) is 9.07. The molecule has 0 unspecified atom stereocenters. The first-order valence-corrected chi connectivity index (χ1v) is 18.0. The second-order valence-electron chi connectivity index (χ2n) is 17.9. The SMILES string of the molecule is CC(=O)O[C@H]1CC[C@]2(C)[C@H]3CC=C4[C@@H]5CC(C)(C)CC[C@]5(C(=O)NCCCC(=O)NCC(=O)O)CC[C@@]4(C)[C@]3(C)CC[C@H]2C1(C)C. The van der Waals surface area contributed by atoms with E-state index in [9.17, 15) is 19.2 Å². The largest absolute Gasteiger partial charge is 0.480 e. The summed E-state index contributed by atoms with van der Waals surface area (Å²) in [6.07, 6.45) is 13.4. The Labute approximate surface area is 276 Å². The predicted molar refractivity (Wildman–Crippen MR) is 177 cm³/mol. The van der Waals surface area contributed by atoms with Gasteiger partial charge in [-0.2, -0.15) is 0 Å². The van der Waals surface area contributed by atoms with Crippen LogP contribution in [0.4, 0.5) is 0 Å². The first kappa shape index (κ1) is 34.9. The monoisotopic (exact) mass is 640 g/mol. The summed E-state index contributed by atoms with van der Waals surface area (Å²) in [4.78, 5) is 49.0. The number of aliphatic carboxylic acids is 1. The number of carboxylic acids is 1. The predicted octanol–water partition coefficient (Wildman–Crippen LogP) is 6.82. The molecule has 0 aromatic rings. The van der Waals surface area contributed by atoms with Crippen molar-refractivity contribution in [1.29, 1.82) is 0 Å². The van der Waals surface area contributed by atoms with Gasteiger partial charge in [0.2, 0.25) is 11.8 Å². The molecule has 3 N–H and O–H groups in total. The van der Waals surface area contributed by atoms with Gasteiger partial charge in [-0.25, -0.2) is 0 Å². The van der Waals surface area contributed by atoms with Gasteiger partial charge in [0, 0.05) is 25.3 Å². The van der Waals surface area contributed by atoms with E-state index in [4.69, 9.17) is 9.84 Å². The van der Waals surface area contributed by atoms with Crippen molar-refractivity contribution in [2.75, 3.05) is 13.1 Å². The van der Waals surface area contributed by atoms with Crippen LogP contribution in [0.1, 0.15) is 132 Å². The number of nitrogens with one attached hydrogen (secondary N) is 2. The van der Waals surface area contributed by atoms with Crippen molar-refractivity contribution in [3.63, 3.8) is 0 Å². The van der Waals surface area contributed by atoms with Crippen LogP contribution in [0.15, 0.2) is 11.6 Å². The summed E-state index contributed by atoms with van der Waals surface area (Å²) < 4.78 is 5.92. The Hall–Kier alpha value is -2.38. The molecule has 0 saturated heterocycles. The molecular formula is C38H60N2O6. The molecule has 0 aliphatic heterocycles. The van der Waals surface area contributed by atoms with Gasteiger partial charge < -0.3 is 20.5 Å². The van der Waals surface area contributed by atoms with Gasteiger partial charge in [0.15, 0.2) is 0 Å². The molecular weight excluding hydrogens is 580 g/mol. The standard InChI is InChI=1S/C38H60N2O6/c1-24(41)46-29-14-15-35(6)27(34(29,4)5)13-16-37(8)28(35)12-11-25-26-22-33(2,3)17-19-38(26,20-18-36(25,37)7)32(45)39-21-9-10-30(42)40-23-31(43)44/h11,26-29H,9-10,12-23H2,1-8H3,(H,39,45)(H,40,42)(H,43,44)/t26-,27-,28+,29-,35-,36+,37+,38-/m0/s1. The minimum Gasteiger partial charge on any atom is -0.480 e. The van der Waals surface area contributed by atoms with Gasteiger partial charge in [0.1, 0.15) is 12.6 Å². The Bertz CT molecular complexity index is 1290. The highest BCUT2D eigenvalue weighted by molar-refractivity contribution is 5.84. The third-order valence-electron chi connectivity index (χ3n) is 14.6. The lowest BCUT2D eigenvalue weighted by Gasteiger charge is -2.71. The van der Waals surface area contributed by atoms with Gasteiger partial charge in [-0.05, 0) is 110 Å². The van der Waals surface area contributed by atoms with E-state index in [0.717, 1.165) is 64.2 Å². The number of carbonyl (C=O) groups is 4. The Morgan fingerprint density at radius 2 is 1.59 bits per heavy atom. The van der Waals surface area contributed by atoms with E-state index in [2.05, 4.69) is 65.2 Å². The van der Waals surface area contributed by atoms with Crippen molar-refractivity contribution in [2.45, 2.75) is 139 Å². The van der Waals surface area contributed by atoms with Crippen LogP contribution in [-0.2, 0) is 23.9 Å². The highest BCUT2D eigenvalue weighted by Crippen LogP contribution is 2.75. The number of ether oxygens (including phenoxy) is 1. The fourth-order valence-electron chi connectivity index (χ4n) is 11.9. The number of carboxylic acid groups (broad SMARTS) is 1. The number of allylic oxidation sites excluding steroid dienone is 2. The van der Waals surface area contributed by atoms with Crippen LogP contribution in [0.2, 0.25) is 0 Å². The molecule has 4 fully saturated rings. The van der Waals surface area contributed by atoms with Gasteiger partial charge in [0.05, 0.1) is 5.41 Å². The van der Waals surface area contributed by atoms with Crippen molar-refractivity contribution in [3.05, 3.63) is 11.6 Å². The Morgan fingerprint density at radius 3 is 2.26 bits per heavy atom. The second kappa shape index (κ2) is 11.9. The summed E-state index contributed by atoms with van der Waals surface area (Å²) in [5.74, 6) is -0.179. The average Bonchev–Trinajstić information content (AvgIpc) is 2.95. The highest BCUT2D eigenvalue weighted by atomic mass is 16.5. The number of hydrogen-bond acceptors (Lipinski definition) is 5. The van der Waals surface area contributed by atoms with Crippen LogP contribution in [0.3, 0.4) is 0 Å². The first-order chi connectivity index (χ1) is 21.3. The normalized spacial score (nSPS) is 40.5. The summed E-state index contributed by atoms with van der Waals surface area (Å²) in [5.41, 5.74) is 1.49. The maximum atomic E-state index is 14.2. The number of amides is 2. The van der Waals surface area contributed by atoms with Crippen LogP contribution in [0.25, 0.3) is 0 Å². The van der Waals surface area contributed by atoms with E-state index < -0.39 is 11.4 Å². The topological polar surface area (TPSA) is 122 Å². The molecule has 0 bridgehead atoms. The number of carbonyl (C=O) groups excluding carboxylic acids is 3. The lowest BCUT2D eigenvalue weighted by atomic mass is 9.33. The third kappa shape index (κ3) is 5.61. The molecule has 5 rings (SSSR count). The van der Waals surface area contributed by atoms with E-state index in [0.29, 0.717) is 24.8 Å². The number of fused-ring (bicyclic) bond motifs is 7. The van der Waals surface area contributed by atoms with Crippen molar-refractivity contribution < 1.29 is 29.0 Å². The van der Waals surface area contributed by atoms with Crippen LogP contribution < -0.4 is 10.6 Å². The summed E-state index contributed by atoms with van der Waals surface area (Å²) in [5, 5.41) is 14.4. The van der Waals surface area contributed by atoms with Crippen molar-refractivity contribution in [2.24, 2.45) is 50.2 Å². The summed E-state index contributed by atoms with van der Waals surface area (Å²) in [7, 11) is 0. The third-order valence-corrected chi connectivity index (χ3v) is 14.6. The zero-order chi connectivity index (χ0) is 33.9. The lowest BCUT2D eigenvalue weighted by Crippen LogP contribution is -2.65. The molecule has 8 nitrogen and oxygen atoms in total. The summed E-state index contributed by atoms with van der Waals surface area (Å²) in [6, 6.07) is 0. The summed E-state index contributed by atoms with van der Waals surface area (Å²) in [6.45, 7) is 18.6. The van der Waals surface area contributed by atoms with Crippen molar-refractivity contribution >= 4 is 23.8 Å². The van der Waals surface area contributed by atoms with Gasteiger partial charge in [0.25, 0.3) is 0 Å². The highest BCUT2D eigenvalue weighted by Gasteiger charge is 2.69. The maximum absolute atomic E-state index is 14.2. The molecule has 4 saturated carbocycles. The quantitative estimate of drug-likeness (QED) is 0.152. The van der Waals surface area contributed by atoms with Crippen LogP contribution in [-0.4, -0.2) is 48.1 Å². The van der Waals surface area contributed by atoms with Gasteiger partial charge in [-0.3, -0.25) is 19.2 Å². The number of hydrogen-bond donors (Lipinski definition) is 3. The zero-order valence-corrected chi connectivity index (χ0v) is 29.8.